The van der Waals surface area contributed by atoms with Crippen LogP contribution in [-0.2, 0) is 4.79 Å². The molecule has 19 heavy (non-hydrogen) atoms. The zero-order chi connectivity index (χ0) is 14.0. The molecule has 1 aliphatic heterocycles. The number of carbonyl (C=O) groups excluding carboxylic acids is 1. The van der Waals surface area contributed by atoms with Gasteiger partial charge in [-0.2, -0.15) is 0 Å². The molecule has 1 heterocycles. The van der Waals surface area contributed by atoms with Crippen LogP contribution in [0.2, 0.25) is 0 Å². The second-order valence-corrected chi connectivity index (χ2v) is 5.61. The average molecular weight is 258 g/mol. The predicted octanol–water partition coefficient (Wildman–Crippen LogP) is 3.22. The van der Waals surface area contributed by atoms with Crippen LogP contribution in [0.4, 0.5) is 0 Å². The monoisotopic (exact) mass is 258 g/mol. The Kier molecular flexibility index (Phi) is 4.03. The van der Waals surface area contributed by atoms with E-state index >= 15 is 0 Å². The van der Waals surface area contributed by atoms with Crippen molar-refractivity contribution in [3.63, 3.8) is 0 Å². The molecule has 0 spiro atoms. The van der Waals surface area contributed by atoms with Crippen LogP contribution in [0.5, 0.6) is 0 Å². The maximum Gasteiger partial charge on any atom is 0.236 e. The number of rotatable bonds is 3. The highest BCUT2D eigenvalue weighted by Gasteiger charge is 2.39. The van der Waals surface area contributed by atoms with E-state index in [1.165, 1.54) is 0 Å². The summed E-state index contributed by atoms with van der Waals surface area (Å²) in [6.07, 6.45) is 0.721. The molecule has 0 radical (unpaired) electrons. The summed E-state index contributed by atoms with van der Waals surface area (Å²) in [4.78, 5) is 19.1. The molecule has 0 bridgehead atoms. The molecule has 2 rings (SSSR count). The van der Waals surface area contributed by atoms with Gasteiger partial charge < -0.3 is 0 Å². The van der Waals surface area contributed by atoms with E-state index in [-0.39, 0.29) is 23.9 Å². The fourth-order valence-corrected chi connectivity index (χ4v) is 2.57. The molecule has 1 aromatic rings. The van der Waals surface area contributed by atoms with Gasteiger partial charge >= 0.3 is 0 Å². The Bertz CT molecular complexity index is 477. The first-order valence-electron chi connectivity index (χ1n) is 6.95. The second-order valence-electron chi connectivity index (χ2n) is 5.61. The fourth-order valence-electron chi connectivity index (χ4n) is 2.57. The minimum Gasteiger partial charge on any atom is -0.298 e. The van der Waals surface area contributed by atoms with E-state index < -0.39 is 0 Å². The van der Waals surface area contributed by atoms with Crippen LogP contribution in [0.1, 0.15) is 45.6 Å². The van der Waals surface area contributed by atoms with Gasteiger partial charge in [0.05, 0.1) is 5.92 Å². The number of amidine groups is 1. The second kappa shape index (κ2) is 5.55. The number of hydrogen-bond donors (Lipinski definition) is 0. The van der Waals surface area contributed by atoms with Crippen molar-refractivity contribution in [2.24, 2.45) is 4.99 Å². The molecule has 0 aromatic heterocycles. The van der Waals surface area contributed by atoms with Crippen LogP contribution >= 0.6 is 0 Å². The third-order valence-corrected chi connectivity index (χ3v) is 3.33. The van der Waals surface area contributed by atoms with Crippen molar-refractivity contribution in [2.45, 2.75) is 52.1 Å². The molecule has 1 amide bonds. The molecule has 0 aliphatic carbocycles. The molecule has 0 N–H and O–H groups in total. The van der Waals surface area contributed by atoms with Gasteiger partial charge in [0.15, 0.2) is 0 Å². The molecule has 1 atom stereocenters. The lowest BCUT2D eigenvalue weighted by Gasteiger charge is -2.22. The molecule has 3 heteroatoms. The van der Waals surface area contributed by atoms with Gasteiger partial charge in [-0.1, -0.05) is 30.3 Å². The molecule has 1 fully saturated rings. The molecular formula is C16H22N2O. The Morgan fingerprint density at radius 3 is 2.32 bits per heavy atom. The van der Waals surface area contributed by atoms with Gasteiger partial charge in [-0.3, -0.25) is 14.7 Å². The van der Waals surface area contributed by atoms with Crippen molar-refractivity contribution >= 4 is 11.7 Å². The van der Waals surface area contributed by atoms with Crippen LogP contribution in [-0.4, -0.2) is 28.7 Å². The van der Waals surface area contributed by atoms with Crippen molar-refractivity contribution in [2.75, 3.05) is 0 Å². The highest BCUT2D eigenvalue weighted by atomic mass is 16.2. The van der Waals surface area contributed by atoms with Crippen molar-refractivity contribution in [3.05, 3.63) is 35.9 Å². The molecule has 1 aromatic carbocycles. The highest BCUT2D eigenvalue weighted by Crippen LogP contribution is 2.31. The topological polar surface area (TPSA) is 32.7 Å². The van der Waals surface area contributed by atoms with E-state index in [1.807, 2.05) is 62.9 Å². The van der Waals surface area contributed by atoms with E-state index in [0.717, 1.165) is 17.8 Å². The number of hydrogen-bond acceptors (Lipinski definition) is 2. The van der Waals surface area contributed by atoms with Crippen molar-refractivity contribution < 1.29 is 4.79 Å². The molecule has 1 aliphatic rings. The standard InChI is InChI=1S/C16H22N2O/c1-11(2)17-15-10-14(13-8-6-5-7-9-13)16(19)18(15)12(3)4/h5-9,11-12,14H,10H2,1-4H3. The summed E-state index contributed by atoms with van der Waals surface area (Å²) in [5.74, 6) is 1.05. The van der Waals surface area contributed by atoms with Crippen LogP contribution in [0.3, 0.4) is 0 Å². The van der Waals surface area contributed by atoms with Gasteiger partial charge in [0.2, 0.25) is 5.91 Å². The third-order valence-electron chi connectivity index (χ3n) is 3.33. The zero-order valence-corrected chi connectivity index (χ0v) is 12.1. The molecule has 1 saturated heterocycles. The fraction of sp³-hybridized carbons (Fsp3) is 0.500. The molecule has 102 valence electrons. The quantitative estimate of drug-likeness (QED) is 0.819. The van der Waals surface area contributed by atoms with Crippen molar-refractivity contribution in [1.29, 1.82) is 0 Å². The summed E-state index contributed by atoms with van der Waals surface area (Å²) in [6.45, 7) is 8.18. The lowest BCUT2D eigenvalue weighted by molar-refractivity contribution is -0.128. The number of carbonyl (C=O) groups is 1. The van der Waals surface area contributed by atoms with E-state index in [1.54, 1.807) is 0 Å². The van der Waals surface area contributed by atoms with Gasteiger partial charge in [-0.25, -0.2) is 0 Å². The first-order valence-corrected chi connectivity index (χ1v) is 6.95. The number of benzene rings is 1. The van der Waals surface area contributed by atoms with E-state index in [2.05, 4.69) is 4.99 Å². The largest absolute Gasteiger partial charge is 0.298 e. The number of nitrogens with zero attached hydrogens (tertiary/aromatic N) is 2. The minimum absolute atomic E-state index is 0.0684. The van der Waals surface area contributed by atoms with Gasteiger partial charge in [-0.15, -0.1) is 0 Å². The van der Waals surface area contributed by atoms with Crippen LogP contribution < -0.4 is 0 Å². The normalized spacial score (nSPS) is 22.0. The smallest absolute Gasteiger partial charge is 0.236 e. The predicted molar refractivity (Wildman–Crippen MR) is 78.4 cm³/mol. The molecule has 1 unspecified atom stereocenters. The number of likely N-dealkylation sites (tertiary alicyclic amines) is 1. The Hall–Kier alpha value is -1.64. The van der Waals surface area contributed by atoms with Gasteiger partial charge in [-0.05, 0) is 33.3 Å². The molecule has 3 nitrogen and oxygen atoms in total. The van der Waals surface area contributed by atoms with Crippen LogP contribution in [0.25, 0.3) is 0 Å². The maximum absolute atomic E-state index is 12.6. The van der Waals surface area contributed by atoms with E-state index in [9.17, 15) is 4.79 Å². The molecule has 0 saturated carbocycles. The number of aliphatic imine (C=N–C) groups is 1. The van der Waals surface area contributed by atoms with Crippen LogP contribution in [0.15, 0.2) is 35.3 Å². The maximum atomic E-state index is 12.6. The van der Waals surface area contributed by atoms with Crippen LogP contribution in [0, 0.1) is 0 Å². The summed E-state index contributed by atoms with van der Waals surface area (Å²) in [5, 5.41) is 0. The first kappa shape index (κ1) is 13.8. The highest BCUT2D eigenvalue weighted by molar-refractivity contribution is 6.08. The summed E-state index contributed by atoms with van der Waals surface area (Å²) in [5.41, 5.74) is 1.09. The zero-order valence-electron chi connectivity index (χ0n) is 12.1. The first-order chi connectivity index (χ1) is 9.00. The lowest BCUT2D eigenvalue weighted by atomic mass is 9.97. The van der Waals surface area contributed by atoms with Gasteiger partial charge in [0.1, 0.15) is 5.84 Å². The Morgan fingerprint density at radius 2 is 1.79 bits per heavy atom. The SMILES string of the molecule is CC(C)N=C1CC(c2ccccc2)C(=O)N1C(C)C. The lowest BCUT2D eigenvalue weighted by Crippen LogP contribution is -2.37. The van der Waals surface area contributed by atoms with Gasteiger partial charge in [0, 0.05) is 18.5 Å². The minimum atomic E-state index is -0.0684. The summed E-state index contributed by atoms with van der Waals surface area (Å²) in [6, 6.07) is 10.4. The molecular weight excluding hydrogens is 236 g/mol. The third kappa shape index (κ3) is 2.86. The summed E-state index contributed by atoms with van der Waals surface area (Å²) >= 11 is 0. The Labute approximate surface area is 115 Å². The Morgan fingerprint density at radius 1 is 1.16 bits per heavy atom. The van der Waals surface area contributed by atoms with Gasteiger partial charge in [0.25, 0.3) is 0 Å². The van der Waals surface area contributed by atoms with Crippen molar-refractivity contribution in [1.82, 2.24) is 4.90 Å². The summed E-state index contributed by atoms with van der Waals surface area (Å²) < 4.78 is 0. The number of amides is 1. The van der Waals surface area contributed by atoms with Crippen molar-refractivity contribution in [3.8, 4) is 0 Å². The van der Waals surface area contributed by atoms with E-state index in [4.69, 9.17) is 0 Å². The summed E-state index contributed by atoms with van der Waals surface area (Å²) in [7, 11) is 0. The van der Waals surface area contributed by atoms with E-state index in [0.29, 0.717) is 0 Å². The average Bonchev–Trinajstić information content (AvgIpc) is 2.66. The Balaban J connectivity index is 2.33.